The molecule has 1 aromatic heterocycles. The Balaban J connectivity index is 1.42. The van der Waals surface area contributed by atoms with Gasteiger partial charge < -0.3 is 14.6 Å². The Labute approximate surface area is 206 Å². The van der Waals surface area contributed by atoms with Crippen LogP contribution in [0.3, 0.4) is 0 Å². The van der Waals surface area contributed by atoms with Gasteiger partial charge in [0.25, 0.3) is 5.91 Å². The third-order valence-corrected chi connectivity index (χ3v) is 7.26. The molecule has 1 fully saturated rings. The maximum atomic E-state index is 14.3. The summed E-state index contributed by atoms with van der Waals surface area (Å²) in [5.41, 5.74) is 5.07. The van der Waals surface area contributed by atoms with Gasteiger partial charge in [0.2, 0.25) is 0 Å². The van der Waals surface area contributed by atoms with Gasteiger partial charge in [-0.2, -0.15) is 0 Å². The van der Waals surface area contributed by atoms with E-state index in [9.17, 15) is 23.9 Å². The molecular weight excluding hydrogens is 467 g/mol. The average molecular weight is 495 g/mol. The van der Waals surface area contributed by atoms with Crippen LogP contribution in [0, 0.1) is 11.7 Å². The Morgan fingerprint density at radius 2 is 1.78 bits per heavy atom. The first kappa shape index (κ1) is 24.0. The van der Waals surface area contributed by atoms with Crippen molar-refractivity contribution in [3.05, 3.63) is 70.7 Å². The number of aromatic nitrogens is 1. The number of hydrogen-bond acceptors (Lipinski definition) is 5. The molecule has 1 atom stereocenters. The van der Waals surface area contributed by atoms with Crippen molar-refractivity contribution in [1.29, 1.82) is 0 Å². The van der Waals surface area contributed by atoms with E-state index in [2.05, 4.69) is 4.90 Å². The Hall–Kier alpha value is -3.76. The lowest BCUT2D eigenvalue weighted by Gasteiger charge is -2.35. The fourth-order valence-electron chi connectivity index (χ4n) is 5.36. The van der Waals surface area contributed by atoms with E-state index in [0.717, 1.165) is 16.8 Å². The number of ketones is 1. The molecular formula is C26H27FN4O5. The Morgan fingerprint density at radius 1 is 1.06 bits per heavy atom. The molecule has 2 aromatic carbocycles. The summed E-state index contributed by atoms with van der Waals surface area (Å²) >= 11 is 0. The fourth-order valence-corrected chi connectivity index (χ4v) is 5.36. The fraction of sp³-hybridized carbons (Fsp3) is 0.346. The summed E-state index contributed by atoms with van der Waals surface area (Å²) in [7, 11) is 0. The second kappa shape index (κ2) is 9.71. The lowest BCUT2D eigenvalue weighted by atomic mass is 9.84. The molecule has 36 heavy (non-hydrogen) atoms. The topological polar surface area (TPSA) is 115 Å². The summed E-state index contributed by atoms with van der Waals surface area (Å²) in [6.45, 7) is 3.03. The van der Waals surface area contributed by atoms with Gasteiger partial charge in [0, 0.05) is 72.9 Å². The molecule has 0 bridgehead atoms. The summed E-state index contributed by atoms with van der Waals surface area (Å²) in [5, 5.41) is 18.6. The first-order chi connectivity index (χ1) is 17.4. The number of piperazine rings is 1. The Kier molecular flexibility index (Phi) is 6.46. The van der Waals surface area contributed by atoms with Gasteiger partial charge >= 0.3 is 6.09 Å². The van der Waals surface area contributed by atoms with Crippen molar-refractivity contribution >= 4 is 28.7 Å². The summed E-state index contributed by atoms with van der Waals surface area (Å²) < 4.78 is 16.3. The molecule has 2 aliphatic rings. The molecule has 0 saturated carbocycles. The molecule has 3 aromatic rings. The summed E-state index contributed by atoms with van der Waals surface area (Å²) in [6.07, 6.45) is 0.413. The number of carboxylic acid groups (broad SMARTS) is 1. The predicted octanol–water partition coefficient (Wildman–Crippen LogP) is 2.99. The molecule has 0 radical (unpaired) electrons. The van der Waals surface area contributed by atoms with Crippen LogP contribution in [-0.4, -0.2) is 75.2 Å². The van der Waals surface area contributed by atoms with E-state index < -0.39 is 17.8 Å². The van der Waals surface area contributed by atoms with E-state index in [0.29, 0.717) is 68.6 Å². The molecule has 10 heteroatoms. The summed E-state index contributed by atoms with van der Waals surface area (Å²) in [4.78, 5) is 40.0. The van der Waals surface area contributed by atoms with Gasteiger partial charge in [-0.25, -0.2) is 14.7 Å². The number of fused-ring (bicyclic) bond motifs is 3. The number of hydroxylamine groups is 1. The second-order valence-corrected chi connectivity index (χ2v) is 9.38. The van der Waals surface area contributed by atoms with Gasteiger partial charge in [-0.3, -0.25) is 19.7 Å². The second-order valence-electron chi connectivity index (χ2n) is 9.38. The molecule has 2 heterocycles. The van der Waals surface area contributed by atoms with E-state index >= 15 is 0 Å². The van der Waals surface area contributed by atoms with Crippen LogP contribution in [0.1, 0.15) is 38.4 Å². The van der Waals surface area contributed by atoms with Crippen molar-refractivity contribution in [2.75, 3.05) is 32.7 Å². The summed E-state index contributed by atoms with van der Waals surface area (Å²) in [6, 6.07) is 11.3. The smallest absolute Gasteiger partial charge is 0.407 e. The van der Waals surface area contributed by atoms with Crippen molar-refractivity contribution in [2.45, 2.75) is 19.4 Å². The van der Waals surface area contributed by atoms with Crippen LogP contribution in [0.2, 0.25) is 0 Å². The van der Waals surface area contributed by atoms with E-state index in [4.69, 9.17) is 5.21 Å². The minimum Gasteiger partial charge on any atom is -0.465 e. The highest BCUT2D eigenvalue weighted by Gasteiger charge is 2.34. The number of Topliss-reactive ketones (excluding diaryl/α,β-unsaturated/α-hetero) is 1. The van der Waals surface area contributed by atoms with Gasteiger partial charge in [-0.15, -0.1) is 0 Å². The van der Waals surface area contributed by atoms with Gasteiger partial charge in [0.15, 0.2) is 5.78 Å². The zero-order chi connectivity index (χ0) is 25.4. The molecule has 1 saturated heterocycles. The standard InChI is InChI=1S/C26H27FN4O5/c27-19-6-8-21-20(13-19)23-22(31(21)14-16-1-3-17(4-2-16)25(33)28-36)7-5-18(24(23)32)15-29-9-11-30(12-10-29)26(34)35/h1-4,6,8,13,18,36H,5,7,9-12,14-15H2,(H,28,33)(H,34,35). The number of hydrogen-bond donors (Lipinski definition) is 3. The SMILES string of the molecule is O=C(NO)c1ccc(Cn2c3c(c4cc(F)ccc42)C(=O)C(CN2CCN(C(=O)O)CC2)CC3)cc1. The average Bonchev–Trinajstić information content (AvgIpc) is 3.19. The van der Waals surface area contributed by atoms with Gasteiger partial charge in [0.1, 0.15) is 5.82 Å². The lowest BCUT2D eigenvalue weighted by molar-refractivity contribution is 0.0706. The third-order valence-electron chi connectivity index (χ3n) is 7.26. The van der Waals surface area contributed by atoms with Crippen LogP contribution in [0.5, 0.6) is 0 Å². The molecule has 9 nitrogen and oxygen atoms in total. The zero-order valence-corrected chi connectivity index (χ0v) is 19.6. The lowest BCUT2D eigenvalue weighted by Crippen LogP contribution is -2.50. The van der Waals surface area contributed by atoms with E-state index in [-0.39, 0.29) is 11.7 Å². The molecule has 1 aliphatic carbocycles. The van der Waals surface area contributed by atoms with Gasteiger partial charge in [-0.05, 0) is 48.7 Å². The highest BCUT2D eigenvalue weighted by atomic mass is 19.1. The normalized spacial score (nSPS) is 18.3. The third kappa shape index (κ3) is 4.45. The highest BCUT2D eigenvalue weighted by molar-refractivity contribution is 6.11. The molecule has 2 amide bonds. The number of carbonyl (C=O) groups is 3. The Morgan fingerprint density at radius 3 is 2.44 bits per heavy atom. The van der Waals surface area contributed by atoms with Gasteiger partial charge in [-0.1, -0.05) is 12.1 Å². The maximum Gasteiger partial charge on any atom is 0.407 e. The van der Waals surface area contributed by atoms with Crippen molar-refractivity contribution in [3.63, 3.8) is 0 Å². The summed E-state index contributed by atoms with van der Waals surface area (Å²) in [5.74, 6) is -1.22. The number of halogens is 1. The van der Waals surface area contributed by atoms with Crippen LogP contribution in [0.25, 0.3) is 10.9 Å². The number of nitrogens with one attached hydrogen (secondary N) is 1. The largest absolute Gasteiger partial charge is 0.465 e. The van der Waals surface area contributed by atoms with E-state index in [1.54, 1.807) is 35.8 Å². The first-order valence-electron chi connectivity index (χ1n) is 11.9. The molecule has 3 N–H and O–H groups in total. The van der Waals surface area contributed by atoms with Crippen LogP contribution in [0.4, 0.5) is 9.18 Å². The first-order valence-corrected chi connectivity index (χ1v) is 11.9. The van der Waals surface area contributed by atoms with Crippen LogP contribution in [-0.2, 0) is 13.0 Å². The predicted molar refractivity (Wildman–Crippen MR) is 129 cm³/mol. The van der Waals surface area contributed by atoms with Crippen LogP contribution < -0.4 is 5.48 Å². The quantitative estimate of drug-likeness (QED) is 0.371. The van der Waals surface area contributed by atoms with E-state index in [1.807, 2.05) is 4.57 Å². The van der Waals surface area contributed by atoms with E-state index in [1.165, 1.54) is 17.0 Å². The molecule has 5 rings (SSSR count). The molecule has 0 spiro atoms. The van der Waals surface area contributed by atoms with Crippen LogP contribution >= 0.6 is 0 Å². The van der Waals surface area contributed by atoms with Crippen molar-refractivity contribution < 1.29 is 29.1 Å². The monoisotopic (exact) mass is 494 g/mol. The number of carbonyl (C=O) groups excluding carboxylic acids is 2. The van der Waals surface area contributed by atoms with Crippen LogP contribution in [0.15, 0.2) is 42.5 Å². The molecule has 188 valence electrons. The number of nitrogens with zero attached hydrogens (tertiary/aromatic N) is 3. The minimum absolute atomic E-state index is 0.00114. The molecule has 1 aliphatic heterocycles. The van der Waals surface area contributed by atoms with Crippen molar-refractivity contribution in [1.82, 2.24) is 19.8 Å². The highest BCUT2D eigenvalue weighted by Crippen LogP contribution is 2.36. The zero-order valence-electron chi connectivity index (χ0n) is 19.6. The van der Waals surface area contributed by atoms with Gasteiger partial charge in [0.05, 0.1) is 0 Å². The minimum atomic E-state index is -0.922. The molecule has 1 unspecified atom stereocenters. The van der Waals surface area contributed by atoms with Crippen molar-refractivity contribution in [2.24, 2.45) is 5.92 Å². The number of benzene rings is 2. The Bertz CT molecular complexity index is 1330. The number of amides is 2. The maximum absolute atomic E-state index is 14.3. The van der Waals surface area contributed by atoms with Crippen molar-refractivity contribution in [3.8, 4) is 0 Å². The number of rotatable bonds is 5.